The van der Waals surface area contributed by atoms with Crippen molar-refractivity contribution in [3.8, 4) is 6.01 Å². The Balaban J connectivity index is 2.29. The fraction of sp³-hybridized carbons (Fsp3) is 0.273. The Morgan fingerprint density at radius 2 is 2.21 bits per heavy atom. The summed E-state index contributed by atoms with van der Waals surface area (Å²) in [4.78, 5) is 16.8. The number of hydrogen-bond donors (Lipinski definition) is 1. The molecule has 0 aliphatic heterocycles. The molecule has 100 valence electrons. The second kappa shape index (κ2) is 6.67. The van der Waals surface area contributed by atoms with Gasteiger partial charge in [0.1, 0.15) is 5.03 Å². The number of halogens is 1. The van der Waals surface area contributed by atoms with Gasteiger partial charge in [-0.05, 0) is 46.7 Å². The summed E-state index contributed by atoms with van der Waals surface area (Å²) in [6.45, 7) is 2.70. The lowest BCUT2D eigenvalue weighted by atomic mass is 10.5. The molecule has 0 amide bonds. The molecule has 0 saturated heterocycles. The van der Waals surface area contributed by atoms with Gasteiger partial charge in [-0.25, -0.2) is 4.98 Å². The number of hydrogen-bond acceptors (Lipinski definition) is 7. The lowest BCUT2D eigenvalue weighted by Gasteiger charge is -2.06. The van der Waals surface area contributed by atoms with Crippen molar-refractivity contribution in [1.29, 1.82) is 0 Å². The Morgan fingerprint density at radius 1 is 1.37 bits per heavy atom. The third-order valence-corrected chi connectivity index (χ3v) is 3.81. The Labute approximate surface area is 123 Å². The number of anilines is 1. The Bertz CT molecular complexity index is 569. The van der Waals surface area contributed by atoms with Gasteiger partial charge in [0.2, 0.25) is 11.1 Å². The SMILES string of the molecule is CCNc1nc(OC)nc(Sc2ncccc2Br)n1. The molecular formula is C11H12BrN5OS. The van der Waals surface area contributed by atoms with Crippen LogP contribution in [0.5, 0.6) is 6.01 Å². The third kappa shape index (κ3) is 3.77. The third-order valence-electron chi connectivity index (χ3n) is 2.02. The Kier molecular flexibility index (Phi) is 4.92. The maximum absolute atomic E-state index is 5.06. The van der Waals surface area contributed by atoms with Crippen LogP contribution in [0.2, 0.25) is 0 Å². The number of aromatic nitrogens is 4. The molecule has 6 nitrogen and oxygen atoms in total. The fourth-order valence-corrected chi connectivity index (χ4v) is 2.45. The zero-order valence-corrected chi connectivity index (χ0v) is 12.8. The first-order chi connectivity index (χ1) is 9.22. The summed E-state index contributed by atoms with van der Waals surface area (Å²) in [6.07, 6.45) is 1.72. The molecule has 0 unspecified atom stereocenters. The first-order valence-corrected chi connectivity index (χ1v) is 7.16. The average Bonchev–Trinajstić information content (AvgIpc) is 2.41. The second-order valence-electron chi connectivity index (χ2n) is 3.35. The van der Waals surface area contributed by atoms with Gasteiger partial charge in [0.25, 0.3) is 0 Å². The summed E-state index contributed by atoms with van der Waals surface area (Å²) < 4.78 is 5.96. The van der Waals surface area contributed by atoms with E-state index >= 15 is 0 Å². The number of ether oxygens (including phenoxy) is 1. The van der Waals surface area contributed by atoms with E-state index in [1.807, 2.05) is 19.1 Å². The zero-order valence-electron chi connectivity index (χ0n) is 10.4. The molecule has 0 fully saturated rings. The molecule has 2 rings (SSSR count). The molecule has 0 aromatic carbocycles. The van der Waals surface area contributed by atoms with E-state index in [0.717, 1.165) is 16.0 Å². The predicted molar refractivity (Wildman–Crippen MR) is 76.6 cm³/mol. The molecule has 1 N–H and O–H groups in total. The van der Waals surface area contributed by atoms with Crippen LogP contribution in [0, 0.1) is 0 Å². The van der Waals surface area contributed by atoms with Crippen molar-refractivity contribution in [2.45, 2.75) is 17.1 Å². The van der Waals surface area contributed by atoms with Gasteiger partial charge in [-0.1, -0.05) is 0 Å². The molecular weight excluding hydrogens is 330 g/mol. The van der Waals surface area contributed by atoms with Gasteiger partial charge in [-0.2, -0.15) is 15.0 Å². The Hall–Kier alpha value is -1.41. The van der Waals surface area contributed by atoms with E-state index in [9.17, 15) is 0 Å². The van der Waals surface area contributed by atoms with E-state index in [1.165, 1.54) is 18.9 Å². The van der Waals surface area contributed by atoms with Gasteiger partial charge in [0, 0.05) is 12.7 Å². The predicted octanol–water partition coefficient (Wildman–Crippen LogP) is 2.62. The van der Waals surface area contributed by atoms with Crippen molar-refractivity contribution in [3.05, 3.63) is 22.8 Å². The zero-order chi connectivity index (χ0) is 13.7. The van der Waals surface area contributed by atoms with Gasteiger partial charge < -0.3 is 10.1 Å². The smallest absolute Gasteiger partial charge is 0.321 e. The first-order valence-electron chi connectivity index (χ1n) is 5.55. The molecule has 2 aromatic rings. The van der Waals surface area contributed by atoms with Crippen LogP contribution >= 0.6 is 27.7 Å². The maximum Gasteiger partial charge on any atom is 0.321 e. The molecule has 19 heavy (non-hydrogen) atoms. The summed E-state index contributed by atoms with van der Waals surface area (Å²) in [6, 6.07) is 4.05. The minimum atomic E-state index is 0.278. The lowest BCUT2D eigenvalue weighted by molar-refractivity contribution is 0.373. The molecule has 0 bridgehead atoms. The van der Waals surface area contributed by atoms with Crippen LogP contribution in [0.15, 0.2) is 33.0 Å². The van der Waals surface area contributed by atoms with Gasteiger partial charge in [0.15, 0.2) is 0 Å². The fourth-order valence-electron chi connectivity index (χ4n) is 1.24. The van der Waals surface area contributed by atoms with Crippen LogP contribution in [0.1, 0.15) is 6.92 Å². The summed E-state index contributed by atoms with van der Waals surface area (Å²) >= 11 is 4.78. The number of nitrogens with zero attached hydrogens (tertiary/aromatic N) is 4. The van der Waals surface area contributed by atoms with Crippen LogP contribution < -0.4 is 10.1 Å². The highest BCUT2D eigenvalue weighted by molar-refractivity contribution is 9.10. The number of pyridine rings is 1. The van der Waals surface area contributed by atoms with Crippen molar-refractivity contribution in [2.24, 2.45) is 0 Å². The first kappa shape index (κ1) is 14.0. The van der Waals surface area contributed by atoms with E-state index in [1.54, 1.807) is 6.20 Å². The van der Waals surface area contributed by atoms with E-state index in [4.69, 9.17) is 4.74 Å². The van der Waals surface area contributed by atoms with Gasteiger partial charge >= 0.3 is 6.01 Å². The molecule has 0 saturated carbocycles. The highest BCUT2D eigenvalue weighted by Crippen LogP contribution is 2.30. The van der Waals surface area contributed by atoms with Crippen LogP contribution in [-0.2, 0) is 0 Å². The molecule has 0 aliphatic rings. The highest BCUT2D eigenvalue weighted by Gasteiger charge is 2.10. The summed E-state index contributed by atoms with van der Waals surface area (Å²) in [5.41, 5.74) is 0. The van der Waals surface area contributed by atoms with Gasteiger partial charge in [0.05, 0.1) is 11.6 Å². The van der Waals surface area contributed by atoms with Crippen LogP contribution in [0.4, 0.5) is 5.95 Å². The van der Waals surface area contributed by atoms with Crippen LogP contribution in [0.3, 0.4) is 0 Å². The monoisotopic (exact) mass is 341 g/mol. The maximum atomic E-state index is 5.06. The lowest BCUT2D eigenvalue weighted by Crippen LogP contribution is -2.06. The summed E-state index contributed by atoms with van der Waals surface area (Å²) in [7, 11) is 1.52. The van der Waals surface area contributed by atoms with Crippen molar-refractivity contribution in [2.75, 3.05) is 19.0 Å². The largest absolute Gasteiger partial charge is 0.467 e. The molecule has 8 heteroatoms. The molecule has 2 aromatic heterocycles. The van der Waals surface area contributed by atoms with Crippen LogP contribution in [-0.4, -0.2) is 33.6 Å². The quantitative estimate of drug-likeness (QED) is 0.895. The van der Waals surface area contributed by atoms with Crippen molar-refractivity contribution < 1.29 is 4.74 Å². The number of rotatable bonds is 5. The standard InChI is InChI=1S/C11H12BrN5OS/c1-3-13-9-15-10(18-2)17-11(16-9)19-8-7(12)5-4-6-14-8/h4-6H,3H2,1-2H3,(H,13,15,16,17). The molecule has 2 heterocycles. The molecule has 0 radical (unpaired) electrons. The van der Waals surface area contributed by atoms with E-state index in [2.05, 4.69) is 41.2 Å². The van der Waals surface area contributed by atoms with Crippen molar-refractivity contribution in [3.63, 3.8) is 0 Å². The Morgan fingerprint density at radius 3 is 2.89 bits per heavy atom. The topological polar surface area (TPSA) is 72.8 Å². The molecule has 0 atom stereocenters. The van der Waals surface area contributed by atoms with E-state index in [0.29, 0.717) is 11.1 Å². The second-order valence-corrected chi connectivity index (χ2v) is 5.16. The normalized spacial score (nSPS) is 10.3. The van der Waals surface area contributed by atoms with E-state index in [-0.39, 0.29) is 6.01 Å². The van der Waals surface area contributed by atoms with Gasteiger partial charge in [-0.3, -0.25) is 0 Å². The summed E-state index contributed by atoms with van der Waals surface area (Å²) in [5.74, 6) is 0.490. The highest BCUT2D eigenvalue weighted by atomic mass is 79.9. The van der Waals surface area contributed by atoms with Crippen molar-refractivity contribution in [1.82, 2.24) is 19.9 Å². The number of nitrogens with one attached hydrogen (secondary N) is 1. The van der Waals surface area contributed by atoms with Crippen molar-refractivity contribution >= 4 is 33.6 Å². The number of methoxy groups -OCH3 is 1. The van der Waals surface area contributed by atoms with E-state index < -0.39 is 0 Å². The summed E-state index contributed by atoms with van der Waals surface area (Å²) in [5, 5.41) is 4.36. The van der Waals surface area contributed by atoms with Gasteiger partial charge in [-0.15, -0.1) is 0 Å². The molecule has 0 aliphatic carbocycles. The molecule has 0 spiro atoms. The average molecular weight is 342 g/mol. The van der Waals surface area contributed by atoms with Crippen LogP contribution in [0.25, 0.3) is 0 Å². The minimum absolute atomic E-state index is 0.278. The minimum Gasteiger partial charge on any atom is -0.467 e.